The van der Waals surface area contributed by atoms with Crippen LogP contribution < -0.4 is 0 Å². The van der Waals surface area contributed by atoms with Gasteiger partial charge < -0.3 is 0 Å². The molecule has 1 aromatic carbocycles. The SMILES string of the molecule is CCSc1ccccc1-c1nc(Cl)c2ncc(C(F)(F)F)cc2n1. The van der Waals surface area contributed by atoms with Gasteiger partial charge in [-0.15, -0.1) is 11.8 Å². The van der Waals surface area contributed by atoms with Gasteiger partial charge >= 0.3 is 6.18 Å². The molecule has 24 heavy (non-hydrogen) atoms. The average molecular weight is 370 g/mol. The Bertz CT molecular complexity index is 899. The maximum atomic E-state index is 12.9. The van der Waals surface area contributed by atoms with Gasteiger partial charge in [0.1, 0.15) is 5.52 Å². The van der Waals surface area contributed by atoms with Crippen molar-refractivity contribution in [3.63, 3.8) is 0 Å². The third kappa shape index (κ3) is 3.32. The molecular weight excluding hydrogens is 359 g/mol. The second kappa shape index (κ2) is 6.57. The molecule has 0 atom stereocenters. The summed E-state index contributed by atoms with van der Waals surface area (Å²) in [5.74, 6) is 1.13. The van der Waals surface area contributed by atoms with E-state index in [0.717, 1.165) is 28.5 Å². The van der Waals surface area contributed by atoms with E-state index in [-0.39, 0.29) is 22.0 Å². The standard InChI is InChI=1S/C16H11ClF3N3S/c1-2-24-12-6-4-3-5-10(12)15-22-11-7-9(16(18,19)20)8-21-13(11)14(17)23-15/h3-8H,2H2,1H3. The molecule has 124 valence electrons. The molecule has 0 bridgehead atoms. The first-order valence-corrected chi connectivity index (χ1v) is 8.39. The molecule has 8 heteroatoms. The zero-order chi connectivity index (χ0) is 17.3. The first-order chi connectivity index (χ1) is 11.4. The molecule has 0 radical (unpaired) electrons. The van der Waals surface area contributed by atoms with E-state index in [1.807, 2.05) is 31.2 Å². The van der Waals surface area contributed by atoms with Crippen molar-refractivity contribution in [3.05, 3.63) is 47.2 Å². The van der Waals surface area contributed by atoms with Crippen LogP contribution in [-0.4, -0.2) is 20.7 Å². The molecule has 3 nitrogen and oxygen atoms in total. The van der Waals surface area contributed by atoms with Crippen LogP contribution in [0, 0.1) is 0 Å². The summed E-state index contributed by atoms with van der Waals surface area (Å²) in [4.78, 5) is 13.2. The lowest BCUT2D eigenvalue weighted by molar-refractivity contribution is -0.137. The molecule has 0 saturated heterocycles. The summed E-state index contributed by atoms with van der Waals surface area (Å²) in [5.41, 5.74) is 0.0719. The van der Waals surface area contributed by atoms with E-state index in [0.29, 0.717) is 0 Å². The maximum absolute atomic E-state index is 12.9. The normalized spacial score (nSPS) is 11.9. The van der Waals surface area contributed by atoms with Crippen molar-refractivity contribution in [2.45, 2.75) is 18.0 Å². The third-order valence-corrected chi connectivity index (χ3v) is 4.47. The van der Waals surface area contributed by atoms with Gasteiger partial charge in [0.25, 0.3) is 0 Å². The monoisotopic (exact) mass is 369 g/mol. The number of benzene rings is 1. The minimum absolute atomic E-state index is 0.0278. The van der Waals surface area contributed by atoms with Gasteiger partial charge in [0.05, 0.1) is 11.1 Å². The van der Waals surface area contributed by atoms with Gasteiger partial charge in [0, 0.05) is 16.7 Å². The van der Waals surface area contributed by atoms with Crippen molar-refractivity contribution in [2.24, 2.45) is 0 Å². The summed E-state index contributed by atoms with van der Waals surface area (Å²) in [5, 5.41) is 0.0278. The van der Waals surface area contributed by atoms with Gasteiger partial charge in [0.15, 0.2) is 11.0 Å². The number of nitrogens with zero attached hydrogens (tertiary/aromatic N) is 3. The number of thioether (sulfide) groups is 1. The van der Waals surface area contributed by atoms with Gasteiger partial charge in [-0.3, -0.25) is 4.98 Å². The third-order valence-electron chi connectivity index (χ3n) is 3.25. The molecule has 2 aromatic heterocycles. The largest absolute Gasteiger partial charge is 0.417 e. The van der Waals surface area contributed by atoms with Gasteiger partial charge in [-0.05, 0) is 17.9 Å². The number of hydrogen-bond acceptors (Lipinski definition) is 4. The Morgan fingerprint density at radius 3 is 2.62 bits per heavy atom. The summed E-state index contributed by atoms with van der Waals surface area (Å²) < 4.78 is 38.7. The minimum atomic E-state index is -4.49. The summed E-state index contributed by atoms with van der Waals surface area (Å²) in [6, 6.07) is 8.37. The molecule has 0 aliphatic heterocycles. The van der Waals surface area contributed by atoms with Crippen LogP contribution in [0.4, 0.5) is 13.2 Å². The zero-order valence-electron chi connectivity index (χ0n) is 12.4. The van der Waals surface area contributed by atoms with Crippen LogP contribution in [-0.2, 0) is 6.18 Å². The van der Waals surface area contributed by atoms with E-state index in [9.17, 15) is 13.2 Å². The number of pyridine rings is 1. The number of hydrogen-bond donors (Lipinski definition) is 0. The predicted octanol–water partition coefficient (Wildman–Crippen LogP) is 5.48. The highest BCUT2D eigenvalue weighted by Gasteiger charge is 2.31. The van der Waals surface area contributed by atoms with Crippen LogP contribution in [0.2, 0.25) is 5.15 Å². The lowest BCUT2D eigenvalue weighted by Crippen LogP contribution is -2.06. The Balaban J connectivity index is 2.20. The van der Waals surface area contributed by atoms with Gasteiger partial charge in [0.2, 0.25) is 0 Å². The molecule has 0 spiro atoms. The van der Waals surface area contributed by atoms with E-state index >= 15 is 0 Å². The second-order valence-corrected chi connectivity index (χ2v) is 6.52. The van der Waals surface area contributed by atoms with Crippen LogP contribution in [0.1, 0.15) is 12.5 Å². The van der Waals surface area contributed by atoms with Crippen molar-refractivity contribution in [1.82, 2.24) is 15.0 Å². The van der Waals surface area contributed by atoms with Crippen molar-refractivity contribution >= 4 is 34.4 Å². The molecule has 0 amide bonds. The van der Waals surface area contributed by atoms with E-state index < -0.39 is 11.7 Å². The van der Waals surface area contributed by atoms with Crippen molar-refractivity contribution < 1.29 is 13.2 Å². The van der Waals surface area contributed by atoms with Gasteiger partial charge in [-0.1, -0.05) is 36.7 Å². The molecule has 0 aliphatic rings. The smallest absolute Gasteiger partial charge is 0.251 e. The van der Waals surface area contributed by atoms with Crippen molar-refractivity contribution in [3.8, 4) is 11.4 Å². The molecule has 0 unspecified atom stereocenters. The average Bonchev–Trinajstić information content (AvgIpc) is 2.54. The molecule has 3 rings (SSSR count). The van der Waals surface area contributed by atoms with E-state index in [2.05, 4.69) is 15.0 Å². The molecule has 2 heterocycles. The van der Waals surface area contributed by atoms with E-state index in [4.69, 9.17) is 11.6 Å². The fourth-order valence-electron chi connectivity index (χ4n) is 2.19. The highest BCUT2D eigenvalue weighted by molar-refractivity contribution is 7.99. The fraction of sp³-hybridized carbons (Fsp3) is 0.188. The first-order valence-electron chi connectivity index (χ1n) is 7.03. The van der Waals surface area contributed by atoms with Crippen LogP contribution in [0.3, 0.4) is 0 Å². The first kappa shape index (κ1) is 17.0. The lowest BCUT2D eigenvalue weighted by atomic mass is 10.2. The fourth-order valence-corrected chi connectivity index (χ4v) is 3.22. The Hall–Kier alpha value is -1.86. The maximum Gasteiger partial charge on any atom is 0.417 e. The number of aromatic nitrogens is 3. The Morgan fingerprint density at radius 1 is 1.17 bits per heavy atom. The Kier molecular flexibility index (Phi) is 4.64. The second-order valence-electron chi connectivity index (χ2n) is 4.86. The zero-order valence-corrected chi connectivity index (χ0v) is 14.0. The Labute approximate surface area is 145 Å². The van der Waals surface area contributed by atoms with E-state index in [1.54, 1.807) is 11.8 Å². The number of alkyl halides is 3. The molecular formula is C16H11ClF3N3S. The lowest BCUT2D eigenvalue weighted by Gasteiger charge is -2.10. The summed E-state index contributed by atoms with van der Waals surface area (Å²) in [7, 11) is 0. The molecule has 0 aliphatic carbocycles. The number of fused-ring (bicyclic) bond motifs is 1. The molecule has 3 aromatic rings. The number of halogens is 4. The topological polar surface area (TPSA) is 38.7 Å². The van der Waals surface area contributed by atoms with Crippen LogP contribution in [0.15, 0.2) is 41.4 Å². The summed E-state index contributed by atoms with van der Waals surface area (Å²) >= 11 is 7.70. The number of rotatable bonds is 3. The van der Waals surface area contributed by atoms with Crippen LogP contribution in [0.5, 0.6) is 0 Å². The predicted molar refractivity (Wildman–Crippen MR) is 89.2 cm³/mol. The van der Waals surface area contributed by atoms with Crippen LogP contribution in [0.25, 0.3) is 22.4 Å². The van der Waals surface area contributed by atoms with Crippen LogP contribution >= 0.6 is 23.4 Å². The van der Waals surface area contributed by atoms with Gasteiger partial charge in [-0.2, -0.15) is 13.2 Å². The Morgan fingerprint density at radius 2 is 1.92 bits per heavy atom. The van der Waals surface area contributed by atoms with E-state index in [1.165, 1.54) is 0 Å². The molecule has 0 fully saturated rings. The minimum Gasteiger partial charge on any atom is -0.251 e. The highest BCUT2D eigenvalue weighted by Crippen LogP contribution is 2.34. The highest BCUT2D eigenvalue weighted by atomic mass is 35.5. The quantitative estimate of drug-likeness (QED) is 0.453. The molecule has 0 saturated carbocycles. The molecule has 0 N–H and O–H groups in total. The van der Waals surface area contributed by atoms with Crippen molar-refractivity contribution in [1.29, 1.82) is 0 Å². The van der Waals surface area contributed by atoms with Crippen molar-refractivity contribution in [2.75, 3.05) is 5.75 Å². The summed E-state index contributed by atoms with van der Waals surface area (Å²) in [6.07, 6.45) is -3.76. The summed E-state index contributed by atoms with van der Waals surface area (Å²) in [6.45, 7) is 2.01. The van der Waals surface area contributed by atoms with Gasteiger partial charge in [-0.25, -0.2) is 9.97 Å².